The van der Waals surface area contributed by atoms with E-state index in [1.807, 2.05) is 53.4 Å². The van der Waals surface area contributed by atoms with Crippen molar-refractivity contribution in [3.05, 3.63) is 31.5 Å². The van der Waals surface area contributed by atoms with E-state index < -0.39 is 18.7 Å². The fourth-order valence-electron chi connectivity index (χ4n) is 3.53. The summed E-state index contributed by atoms with van der Waals surface area (Å²) in [7, 11) is -0.422. The molecule has 4 aliphatic rings. The Hall–Kier alpha value is -0.175. The molecule has 131 valence electrons. The van der Waals surface area contributed by atoms with Crippen molar-refractivity contribution in [2.45, 2.75) is 63.7 Å². The minimum Gasteiger partial charge on any atom is -0.402 e. The summed E-state index contributed by atoms with van der Waals surface area (Å²) in [6.45, 7) is 8.58. The van der Waals surface area contributed by atoms with E-state index in [1.165, 1.54) is 0 Å². The Morgan fingerprint density at radius 3 is 1.67 bits per heavy atom. The summed E-state index contributed by atoms with van der Waals surface area (Å²) >= 11 is 0. The van der Waals surface area contributed by atoms with Gasteiger partial charge in [-0.1, -0.05) is 0 Å². The molecule has 24 heavy (non-hydrogen) atoms. The van der Waals surface area contributed by atoms with Crippen LogP contribution in [0.4, 0.5) is 0 Å². The fraction of sp³-hybridized carbons (Fsp3) is 0.706. The predicted octanol–water partition coefficient (Wildman–Crippen LogP) is 1.51. The van der Waals surface area contributed by atoms with Crippen LogP contribution < -0.4 is 0 Å². The van der Waals surface area contributed by atoms with Crippen LogP contribution in [0.1, 0.15) is 27.7 Å². The molecule has 0 spiro atoms. The normalized spacial score (nSPS) is 42.2. The third-order valence-corrected chi connectivity index (χ3v) is 4.64. The standard InChI is InChI=1S/C17H24BO6/c1-16(2)19-9-12(21-16)14-15(13-10-20-17(3,4)22-13)24-18(23-14)11-7-5-6-8-11/h5-8,12-15H,9-10H2,1-4H3/t12?,13?,14-,15-/m0/s1. The van der Waals surface area contributed by atoms with Crippen LogP contribution in [0, 0.1) is 31.5 Å². The van der Waals surface area contributed by atoms with Crippen LogP contribution in [0.5, 0.6) is 0 Å². The summed E-state index contributed by atoms with van der Waals surface area (Å²) in [5, 5.41) is 0. The average molecular weight is 335 g/mol. The van der Waals surface area contributed by atoms with Crippen molar-refractivity contribution in [2.24, 2.45) is 0 Å². The summed E-state index contributed by atoms with van der Waals surface area (Å²) < 4.78 is 35.9. The van der Waals surface area contributed by atoms with Crippen LogP contribution in [0.25, 0.3) is 0 Å². The van der Waals surface area contributed by atoms with Gasteiger partial charge in [0.1, 0.15) is 12.2 Å². The lowest BCUT2D eigenvalue weighted by atomic mass is 9.71. The lowest BCUT2D eigenvalue weighted by Crippen LogP contribution is -2.45. The highest BCUT2D eigenvalue weighted by molar-refractivity contribution is 6.54. The summed E-state index contributed by atoms with van der Waals surface area (Å²) in [6, 6.07) is 0. The fourth-order valence-corrected chi connectivity index (χ4v) is 3.53. The van der Waals surface area contributed by atoms with Gasteiger partial charge in [0.25, 0.3) is 0 Å². The molecule has 0 bridgehead atoms. The number of rotatable bonds is 3. The third kappa shape index (κ3) is 3.39. The van der Waals surface area contributed by atoms with Gasteiger partial charge in [-0.3, -0.25) is 0 Å². The highest BCUT2D eigenvalue weighted by Crippen LogP contribution is 2.39. The van der Waals surface area contributed by atoms with Gasteiger partial charge in [0.05, 0.1) is 25.4 Å². The van der Waals surface area contributed by atoms with Gasteiger partial charge in [-0.05, 0) is 53.4 Å². The lowest BCUT2D eigenvalue weighted by molar-refractivity contribution is -0.165. The van der Waals surface area contributed by atoms with E-state index in [2.05, 4.69) is 0 Å². The Morgan fingerprint density at radius 2 is 1.29 bits per heavy atom. The quantitative estimate of drug-likeness (QED) is 0.729. The van der Waals surface area contributed by atoms with Crippen LogP contribution in [0.15, 0.2) is 0 Å². The van der Waals surface area contributed by atoms with E-state index in [9.17, 15) is 0 Å². The number of hydrogen-bond acceptors (Lipinski definition) is 6. The third-order valence-electron chi connectivity index (χ3n) is 4.64. The van der Waals surface area contributed by atoms with Crippen LogP contribution in [0.3, 0.4) is 0 Å². The summed E-state index contributed by atoms with van der Waals surface area (Å²) in [4.78, 5) is 0. The van der Waals surface area contributed by atoms with Crippen LogP contribution in [-0.2, 0) is 28.3 Å². The number of ether oxygens (including phenoxy) is 4. The maximum absolute atomic E-state index is 6.21. The van der Waals surface area contributed by atoms with Gasteiger partial charge in [0.15, 0.2) is 11.6 Å². The smallest absolute Gasteiger partial charge is 0.402 e. The SMILES string of the molecule is CC1(C)OCC([C@@H]2OB([C]3[CH][CH][CH][CH]3)O[C@H]2C2COC(C)(C)O2)O1. The van der Waals surface area contributed by atoms with E-state index in [-0.39, 0.29) is 24.4 Å². The molecule has 0 N–H and O–H groups in total. The first kappa shape index (κ1) is 17.2. The molecular weight excluding hydrogens is 311 g/mol. The first-order valence-electron chi connectivity index (χ1n) is 8.49. The van der Waals surface area contributed by atoms with Gasteiger partial charge in [-0.25, -0.2) is 0 Å². The molecule has 5 radical (unpaired) electrons. The molecule has 7 heteroatoms. The van der Waals surface area contributed by atoms with Crippen molar-refractivity contribution in [2.75, 3.05) is 13.2 Å². The molecule has 0 aromatic rings. The van der Waals surface area contributed by atoms with Crippen molar-refractivity contribution < 1.29 is 28.3 Å². The van der Waals surface area contributed by atoms with Crippen molar-refractivity contribution in [1.29, 1.82) is 0 Å². The lowest BCUT2D eigenvalue weighted by Gasteiger charge is -2.28. The second-order valence-corrected chi connectivity index (χ2v) is 7.49. The van der Waals surface area contributed by atoms with Crippen molar-refractivity contribution in [3.8, 4) is 0 Å². The molecule has 0 amide bonds. The zero-order chi connectivity index (χ0) is 16.9. The molecule has 3 saturated heterocycles. The summed E-state index contributed by atoms with van der Waals surface area (Å²) in [5.74, 6) is -0.217. The molecule has 6 nitrogen and oxygen atoms in total. The van der Waals surface area contributed by atoms with Gasteiger partial charge in [-0.2, -0.15) is 0 Å². The maximum atomic E-state index is 6.21. The van der Waals surface area contributed by atoms with Crippen LogP contribution >= 0.6 is 0 Å². The Morgan fingerprint density at radius 1 is 0.833 bits per heavy atom. The zero-order valence-electron chi connectivity index (χ0n) is 14.6. The minimum absolute atomic E-state index is 0.197. The van der Waals surface area contributed by atoms with E-state index in [0.717, 1.165) is 5.82 Å². The summed E-state index contributed by atoms with van der Waals surface area (Å²) in [5.41, 5.74) is 0. The van der Waals surface area contributed by atoms with E-state index in [0.29, 0.717) is 13.2 Å². The Labute approximate surface area is 144 Å². The molecular formula is C17H24BO6. The van der Waals surface area contributed by atoms with E-state index in [4.69, 9.17) is 28.3 Å². The maximum Gasteiger partial charge on any atom is 0.465 e. The van der Waals surface area contributed by atoms with Crippen molar-refractivity contribution in [1.82, 2.24) is 0 Å². The molecule has 0 aromatic carbocycles. The molecule has 3 heterocycles. The Balaban J connectivity index is 1.50. The molecule has 0 aromatic heterocycles. The van der Waals surface area contributed by atoms with Crippen molar-refractivity contribution in [3.63, 3.8) is 0 Å². The molecule has 3 aliphatic heterocycles. The van der Waals surface area contributed by atoms with Gasteiger partial charge < -0.3 is 28.3 Å². The van der Waals surface area contributed by atoms with Gasteiger partial charge in [0.2, 0.25) is 0 Å². The number of hydrogen-bond donors (Lipinski definition) is 0. The molecule has 1 saturated carbocycles. The Kier molecular flexibility index (Phi) is 4.47. The highest BCUT2D eigenvalue weighted by atomic mass is 16.8. The first-order valence-corrected chi connectivity index (χ1v) is 8.49. The monoisotopic (exact) mass is 335 g/mol. The Bertz CT molecular complexity index is 430. The largest absolute Gasteiger partial charge is 0.465 e. The first-order chi connectivity index (χ1) is 11.3. The molecule has 4 fully saturated rings. The van der Waals surface area contributed by atoms with Gasteiger partial charge >= 0.3 is 7.12 Å². The highest BCUT2D eigenvalue weighted by Gasteiger charge is 2.55. The predicted molar refractivity (Wildman–Crippen MR) is 85.8 cm³/mol. The molecule has 1 aliphatic carbocycles. The average Bonchev–Trinajstić information content (AvgIpc) is 3.23. The second-order valence-electron chi connectivity index (χ2n) is 7.49. The topological polar surface area (TPSA) is 55.4 Å². The van der Waals surface area contributed by atoms with Crippen LogP contribution in [-0.4, -0.2) is 56.3 Å². The van der Waals surface area contributed by atoms with Crippen LogP contribution in [0.2, 0.25) is 0 Å². The molecule has 4 rings (SSSR count). The van der Waals surface area contributed by atoms with Crippen molar-refractivity contribution >= 4 is 7.12 Å². The van der Waals surface area contributed by atoms with E-state index in [1.54, 1.807) is 0 Å². The zero-order valence-corrected chi connectivity index (χ0v) is 14.6. The van der Waals surface area contributed by atoms with E-state index >= 15 is 0 Å². The molecule has 4 atom stereocenters. The van der Waals surface area contributed by atoms with Gasteiger partial charge in [-0.15, -0.1) is 0 Å². The molecule has 2 unspecified atom stereocenters. The second kappa shape index (κ2) is 6.22. The minimum atomic E-state index is -0.608. The summed E-state index contributed by atoms with van der Waals surface area (Å²) in [6.07, 6.45) is 7.01. The van der Waals surface area contributed by atoms with Gasteiger partial charge in [0, 0.05) is 5.82 Å².